The van der Waals surface area contributed by atoms with Gasteiger partial charge in [-0.15, -0.1) is 0 Å². The van der Waals surface area contributed by atoms with Gasteiger partial charge in [0.05, 0.1) is 36.6 Å². The number of aliphatic hydroxyl groups is 1. The molecule has 232 valence electrons. The van der Waals surface area contributed by atoms with Crippen molar-refractivity contribution in [2.24, 2.45) is 17.8 Å². The number of allylic oxidation sites excluding steroid dienone is 1. The van der Waals surface area contributed by atoms with Crippen LogP contribution in [0.1, 0.15) is 58.6 Å². The molecule has 4 heterocycles. The largest absolute Gasteiger partial charge is 0.463 e. The van der Waals surface area contributed by atoms with Gasteiger partial charge in [-0.3, -0.25) is 19.2 Å². The summed E-state index contributed by atoms with van der Waals surface area (Å²) >= 11 is 0. The fourth-order valence-electron chi connectivity index (χ4n) is 7.00. The van der Waals surface area contributed by atoms with Gasteiger partial charge in [-0.05, 0) is 31.7 Å². The third kappa shape index (κ3) is 5.51. The molecule has 0 aromatic heterocycles. The van der Waals surface area contributed by atoms with Gasteiger partial charge >= 0.3 is 5.97 Å². The van der Waals surface area contributed by atoms with E-state index in [9.17, 15) is 24.3 Å². The lowest BCUT2D eigenvalue weighted by Gasteiger charge is -2.41. The molecule has 5 rings (SSSR count). The molecule has 10 nitrogen and oxygen atoms in total. The number of rotatable bonds is 6. The van der Waals surface area contributed by atoms with Crippen LogP contribution in [-0.2, 0) is 28.7 Å². The minimum atomic E-state index is -1.35. The normalized spacial score (nSPS) is 33.4. The van der Waals surface area contributed by atoms with Crippen LogP contribution < -0.4 is 5.32 Å². The first-order chi connectivity index (χ1) is 20.6. The zero-order chi connectivity index (χ0) is 30.9. The Hall–Kier alpha value is -3.50. The summed E-state index contributed by atoms with van der Waals surface area (Å²) in [4.78, 5) is 58.9. The van der Waals surface area contributed by atoms with Crippen LogP contribution in [0.3, 0.4) is 0 Å². The lowest BCUT2D eigenvalue weighted by molar-refractivity contribution is -0.152. The molecule has 3 amide bonds. The number of likely N-dealkylation sites (tertiary alicyclic amines) is 1. The van der Waals surface area contributed by atoms with E-state index in [-0.39, 0.29) is 50.0 Å². The monoisotopic (exact) mass is 593 g/mol. The van der Waals surface area contributed by atoms with Crippen LogP contribution in [0.2, 0.25) is 0 Å². The van der Waals surface area contributed by atoms with Crippen LogP contribution in [0.5, 0.6) is 0 Å². The Balaban J connectivity index is 1.60. The maximum Gasteiger partial charge on any atom is 0.306 e. The summed E-state index contributed by atoms with van der Waals surface area (Å²) in [5.41, 5.74) is -0.589. The van der Waals surface area contributed by atoms with Crippen molar-refractivity contribution in [2.75, 3.05) is 19.8 Å². The standard InChI is InChI=1S/C33H43N3O7/c1-5-21(4)24(18-37)36-29-32(41)35(20(2)3)17-11-7-10-14-26(38)42-19-23(22-12-8-6-9-13-22)34-30(39)27-25-15-16-33(29,43-25)28(27)31(36)40/h6-9,11-13,15-16,20-21,23-25,27-29,37H,5,10,14,17-19H2,1-4H3,(H,34,39)/b11-7-/t21-,23-,24-,25-,27+,28+,29-,33+/m0/s1. The Labute approximate surface area is 253 Å². The van der Waals surface area contributed by atoms with Crippen LogP contribution in [0.4, 0.5) is 0 Å². The number of esters is 1. The Bertz CT molecular complexity index is 1280. The molecule has 43 heavy (non-hydrogen) atoms. The molecule has 5 bridgehead atoms. The number of benzene rings is 1. The molecule has 2 fully saturated rings. The summed E-state index contributed by atoms with van der Waals surface area (Å²) in [6, 6.07) is 6.71. The van der Waals surface area contributed by atoms with Gasteiger partial charge in [0.15, 0.2) is 0 Å². The number of amides is 3. The van der Waals surface area contributed by atoms with Gasteiger partial charge in [0.1, 0.15) is 18.2 Å². The van der Waals surface area contributed by atoms with E-state index in [1.807, 2.05) is 70.2 Å². The molecule has 2 saturated heterocycles. The van der Waals surface area contributed by atoms with Gasteiger partial charge < -0.3 is 29.7 Å². The predicted molar refractivity (Wildman–Crippen MR) is 158 cm³/mol. The summed E-state index contributed by atoms with van der Waals surface area (Å²) in [6.07, 6.45) is 7.83. The Morgan fingerprint density at radius 1 is 1.07 bits per heavy atom. The van der Waals surface area contributed by atoms with E-state index in [0.29, 0.717) is 12.8 Å². The molecule has 0 aliphatic carbocycles. The predicted octanol–water partition coefficient (Wildman–Crippen LogP) is 2.53. The number of nitrogens with zero attached hydrogens (tertiary/aromatic N) is 2. The molecule has 1 spiro atoms. The summed E-state index contributed by atoms with van der Waals surface area (Å²) in [7, 11) is 0. The molecular formula is C33H43N3O7. The first-order valence-corrected chi connectivity index (χ1v) is 15.4. The molecule has 8 atom stereocenters. The highest BCUT2D eigenvalue weighted by Crippen LogP contribution is 2.56. The number of hydrogen-bond donors (Lipinski definition) is 2. The van der Waals surface area contributed by atoms with Crippen molar-refractivity contribution in [1.29, 1.82) is 0 Å². The highest BCUT2D eigenvalue weighted by Gasteiger charge is 2.74. The van der Waals surface area contributed by atoms with Crippen LogP contribution in [0, 0.1) is 17.8 Å². The van der Waals surface area contributed by atoms with Gasteiger partial charge in [-0.1, -0.05) is 74.9 Å². The summed E-state index contributed by atoms with van der Waals surface area (Å²) in [5, 5.41) is 13.6. The number of aliphatic hydroxyl groups excluding tert-OH is 1. The average Bonchev–Trinajstić information content (AvgIpc) is 3.64. The van der Waals surface area contributed by atoms with Crippen LogP contribution in [-0.4, -0.2) is 88.2 Å². The molecule has 4 aliphatic rings. The van der Waals surface area contributed by atoms with E-state index in [1.54, 1.807) is 17.1 Å². The Morgan fingerprint density at radius 2 is 1.81 bits per heavy atom. The summed E-state index contributed by atoms with van der Waals surface area (Å²) < 4.78 is 12.1. The average molecular weight is 594 g/mol. The first-order valence-electron chi connectivity index (χ1n) is 15.4. The second-order valence-electron chi connectivity index (χ2n) is 12.3. The van der Waals surface area contributed by atoms with Gasteiger partial charge in [0.25, 0.3) is 0 Å². The highest BCUT2D eigenvalue weighted by atomic mass is 16.5. The van der Waals surface area contributed by atoms with Crippen molar-refractivity contribution in [3.05, 3.63) is 60.2 Å². The quantitative estimate of drug-likeness (QED) is 0.384. The molecule has 0 unspecified atom stereocenters. The topological polar surface area (TPSA) is 125 Å². The molecule has 1 aromatic carbocycles. The fraction of sp³-hybridized carbons (Fsp3) is 0.576. The third-order valence-corrected chi connectivity index (χ3v) is 9.51. The lowest BCUT2D eigenvalue weighted by atomic mass is 9.74. The van der Waals surface area contributed by atoms with E-state index in [0.717, 1.165) is 5.56 Å². The van der Waals surface area contributed by atoms with Crippen LogP contribution in [0.15, 0.2) is 54.6 Å². The fourth-order valence-corrected chi connectivity index (χ4v) is 7.00. The van der Waals surface area contributed by atoms with E-state index >= 15 is 0 Å². The minimum Gasteiger partial charge on any atom is -0.463 e. The zero-order valence-corrected chi connectivity index (χ0v) is 25.3. The van der Waals surface area contributed by atoms with E-state index < -0.39 is 53.5 Å². The van der Waals surface area contributed by atoms with Crippen molar-refractivity contribution in [3.8, 4) is 0 Å². The van der Waals surface area contributed by atoms with Crippen molar-refractivity contribution in [3.63, 3.8) is 0 Å². The SMILES string of the molecule is CC[C@H](C)[C@H](CO)N1C(=O)[C@H]2[C@@H]3C(=O)N[C@H](c4ccccc4)COC(=O)CC/C=C\CN(C(C)C)C(=O)[C@H]1[C@@]21C=C[C@@H]3O1. The lowest BCUT2D eigenvalue weighted by Crippen LogP contribution is -2.60. The molecule has 2 N–H and O–H groups in total. The number of ether oxygens (including phenoxy) is 2. The Kier molecular flexibility index (Phi) is 9.08. The van der Waals surface area contributed by atoms with Gasteiger partial charge in [0, 0.05) is 19.0 Å². The van der Waals surface area contributed by atoms with E-state index in [1.165, 1.54) is 4.90 Å². The maximum atomic E-state index is 14.5. The molecule has 4 aliphatic heterocycles. The number of carbonyl (C=O) groups is 4. The van der Waals surface area contributed by atoms with Crippen LogP contribution in [0.25, 0.3) is 0 Å². The molecule has 10 heteroatoms. The van der Waals surface area contributed by atoms with Crippen molar-refractivity contribution < 1.29 is 33.8 Å². The second-order valence-corrected chi connectivity index (χ2v) is 12.3. The molecule has 1 aromatic rings. The molecule has 0 saturated carbocycles. The van der Waals surface area contributed by atoms with E-state index in [2.05, 4.69) is 5.32 Å². The maximum absolute atomic E-state index is 14.5. The second kappa shape index (κ2) is 12.6. The van der Waals surface area contributed by atoms with Gasteiger partial charge in [0.2, 0.25) is 17.7 Å². The number of fused-ring (bicyclic) bond motifs is 2. The number of cyclic esters (lactones) is 1. The number of carbonyl (C=O) groups excluding carboxylic acids is 4. The van der Waals surface area contributed by atoms with Gasteiger partial charge in [-0.25, -0.2) is 0 Å². The summed E-state index contributed by atoms with van der Waals surface area (Å²) in [6.45, 7) is 7.63. The number of nitrogens with one attached hydrogen (secondary N) is 1. The Morgan fingerprint density at radius 3 is 2.49 bits per heavy atom. The smallest absolute Gasteiger partial charge is 0.306 e. The number of hydrogen-bond acceptors (Lipinski definition) is 7. The van der Waals surface area contributed by atoms with E-state index in [4.69, 9.17) is 9.47 Å². The molecule has 0 radical (unpaired) electrons. The zero-order valence-electron chi connectivity index (χ0n) is 25.3. The third-order valence-electron chi connectivity index (χ3n) is 9.51. The summed E-state index contributed by atoms with van der Waals surface area (Å²) in [5.74, 6) is -3.43. The minimum absolute atomic E-state index is 0.0644. The first kappa shape index (κ1) is 30.9. The van der Waals surface area contributed by atoms with Crippen molar-refractivity contribution in [2.45, 2.75) is 82.8 Å². The molecular weight excluding hydrogens is 550 g/mol. The van der Waals surface area contributed by atoms with Crippen LogP contribution >= 0.6 is 0 Å². The van der Waals surface area contributed by atoms with Gasteiger partial charge in [-0.2, -0.15) is 0 Å². The highest BCUT2D eigenvalue weighted by molar-refractivity contribution is 6.00. The van der Waals surface area contributed by atoms with Crippen molar-refractivity contribution >= 4 is 23.7 Å². The van der Waals surface area contributed by atoms with Crippen molar-refractivity contribution in [1.82, 2.24) is 15.1 Å².